The van der Waals surface area contributed by atoms with Crippen molar-refractivity contribution in [2.45, 2.75) is 26.7 Å². The minimum Gasteiger partial charge on any atom is -0.494 e. The van der Waals surface area contributed by atoms with Gasteiger partial charge in [0.1, 0.15) is 11.6 Å². The van der Waals surface area contributed by atoms with Gasteiger partial charge in [-0.05, 0) is 51.0 Å². The van der Waals surface area contributed by atoms with Crippen molar-refractivity contribution in [2.24, 2.45) is 5.41 Å². The molecule has 1 aromatic rings. The van der Waals surface area contributed by atoms with Crippen LogP contribution in [0, 0.1) is 22.6 Å². The molecule has 1 rings (SSSR count). The van der Waals surface area contributed by atoms with Crippen LogP contribution >= 0.6 is 0 Å². The second-order valence-electron chi connectivity index (χ2n) is 4.40. The molecule has 1 aromatic carbocycles. The SMILES string of the molecule is CC(C)(C#N)CCCOc1ccc(F)cc1. The second kappa shape index (κ2) is 5.50. The van der Waals surface area contributed by atoms with Gasteiger partial charge in [0.25, 0.3) is 0 Å². The van der Waals surface area contributed by atoms with Crippen LogP contribution in [0.1, 0.15) is 26.7 Å². The molecule has 0 heterocycles. The lowest BCUT2D eigenvalue weighted by Gasteiger charge is -2.14. The van der Waals surface area contributed by atoms with E-state index >= 15 is 0 Å². The highest BCUT2D eigenvalue weighted by molar-refractivity contribution is 5.21. The highest BCUT2D eigenvalue weighted by Crippen LogP contribution is 2.21. The molecule has 0 amide bonds. The van der Waals surface area contributed by atoms with Gasteiger partial charge in [0.05, 0.1) is 18.1 Å². The monoisotopic (exact) mass is 221 g/mol. The van der Waals surface area contributed by atoms with E-state index in [-0.39, 0.29) is 11.2 Å². The molecular weight excluding hydrogens is 205 g/mol. The molecule has 16 heavy (non-hydrogen) atoms. The first kappa shape index (κ1) is 12.5. The summed E-state index contributed by atoms with van der Waals surface area (Å²) >= 11 is 0. The normalized spacial score (nSPS) is 10.9. The quantitative estimate of drug-likeness (QED) is 0.712. The Bertz CT molecular complexity index is 365. The van der Waals surface area contributed by atoms with Crippen LogP contribution in [0.4, 0.5) is 4.39 Å². The number of hydrogen-bond donors (Lipinski definition) is 0. The molecule has 0 atom stereocenters. The van der Waals surface area contributed by atoms with E-state index in [1.165, 1.54) is 12.1 Å². The first-order valence-corrected chi connectivity index (χ1v) is 5.33. The summed E-state index contributed by atoms with van der Waals surface area (Å²) in [5, 5.41) is 8.81. The Morgan fingerprint density at radius 2 is 1.94 bits per heavy atom. The molecule has 2 nitrogen and oxygen atoms in total. The smallest absolute Gasteiger partial charge is 0.123 e. The average molecular weight is 221 g/mol. The van der Waals surface area contributed by atoms with Gasteiger partial charge in [-0.25, -0.2) is 4.39 Å². The lowest BCUT2D eigenvalue weighted by atomic mass is 9.90. The van der Waals surface area contributed by atoms with Crippen LogP contribution in [0.25, 0.3) is 0 Å². The predicted octanol–water partition coefficient (Wildman–Crippen LogP) is 3.53. The van der Waals surface area contributed by atoms with E-state index in [1.807, 2.05) is 13.8 Å². The van der Waals surface area contributed by atoms with Crippen LogP contribution in [0.2, 0.25) is 0 Å². The van der Waals surface area contributed by atoms with Gasteiger partial charge in [-0.1, -0.05) is 0 Å². The van der Waals surface area contributed by atoms with Gasteiger partial charge in [0.15, 0.2) is 0 Å². The molecule has 0 N–H and O–H groups in total. The maximum absolute atomic E-state index is 12.6. The summed E-state index contributed by atoms with van der Waals surface area (Å²) in [5.74, 6) is 0.397. The molecule has 0 spiro atoms. The Labute approximate surface area is 95.7 Å². The van der Waals surface area contributed by atoms with Gasteiger partial charge in [0.2, 0.25) is 0 Å². The molecule has 0 aromatic heterocycles. The summed E-state index contributed by atoms with van der Waals surface area (Å²) in [7, 11) is 0. The first-order chi connectivity index (χ1) is 7.53. The fourth-order valence-corrected chi connectivity index (χ4v) is 1.29. The fourth-order valence-electron chi connectivity index (χ4n) is 1.29. The minimum absolute atomic E-state index is 0.266. The Morgan fingerprint density at radius 1 is 1.31 bits per heavy atom. The van der Waals surface area contributed by atoms with Crippen molar-refractivity contribution in [3.8, 4) is 11.8 Å². The molecule has 0 fully saturated rings. The van der Waals surface area contributed by atoms with Crippen LogP contribution in [0.5, 0.6) is 5.75 Å². The number of rotatable bonds is 5. The third-order valence-electron chi connectivity index (χ3n) is 2.33. The Hall–Kier alpha value is -1.56. The third-order valence-corrected chi connectivity index (χ3v) is 2.33. The molecule has 0 saturated carbocycles. The number of benzene rings is 1. The maximum atomic E-state index is 12.6. The van der Waals surface area contributed by atoms with E-state index in [4.69, 9.17) is 10.00 Å². The molecule has 86 valence electrons. The highest BCUT2D eigenvalue weighted by Gasteiger charge is 2.15. The summed E-state index contributed by atoms with van der Waals surface area (Å²) in [4.78, 5) is 0. The molecule has 3 heteroatoms. The van der Waals surface area contributed by atoms with Gasteiger partial charge in [0, 0.05) is 0 Å². The molecule has 0 aliphatic heterocycles. The van der Waals surface area contributed by atoms with E-state index in [2.05, 4.69) is 6.07 Å². The maximum Gasteiger partial charge on any atom is 0.123 e. The summed E-state index contributed by atoms with van der Waals surface area (Å²) < 4.78 is 18.0. The largest absolute Gasteiger partial charge is 0.494 e. The number of hydrogen-bond acceptors (Lipinski definition) is 2. The van der Waals surface area contributed by atoms with Gasteiger partial charge in [-0.2, -0.15) is 5.26 Å². The van der Waals surface area contributed by atoms with E-state index in [0.29, 0.717) is 12.4 Å². The van der Waals surface area contributed by atoms with Crippen molar-refractivity contribution in [3.63, 3.8) is 0 Å². The Balaban J connectivity index is 2.27. The van der Waals surface area contributed by atoms with Crippen molar-refractivity contribution >= 4 is 0 Å². The van der Waals surface area contributed by atoms with Gasteiger partial charge >= 0.3 is 0 Å². The summed E-state index contributed by atoms with van der Waals surface area (Å²) in [5.41, 5.74) is -0.299. The van der Waals surface area contributed by atoms with Crippen LogP contribution in [0.15, 0.2) is 24.3 Å². The Kier molecular flexibility index (Phi) is 4.30. The van der Waals surface area contributed by atoms with Crippen LogP contribution in [-0.4, -0.2) is 6.61 Å². The Morgan fingerprint density at radius 3 is 2.50 bits per heavy atom. The highest BCUT2D eigenvalue weighted by atomic mass is 19.1. The molecule has 0 unspecified atom stereocenters. The molecule has 0 aliphatic carbocycles. The number of ether oxygens (including phenoxy) is 1. The molecule has 0 saturated heterocycles. The third kappa shape index (κ3) is 4.31. The molecular formula is C13H16FNO. The fraction of sp³-hybridized carbons (Fsp3) is 0.462. The van der Waals surface area contributed by atoms with Gasteiger partial charge in [-0.15, -0.1) is 0 Å². The van der Waals surface area contributed by atoms with E-state index in [1.54, 1.807) is 12.1 Å². The van der Waals surface area contributed by atoms with Crippen molar-refractivity contribution in [3.05, 3.63) is 30.1 Å². The van der Waals surface area contributed by atoms with Gasteiger partial charge in [-0.3, -0.25) is 0 Å². The van der Waals surface area contributed by atoms with E-state index < -0.39 is 0 Å². The topological polar surface area (TPSA) is 33.0 Å². The zero-order valence-electron chi connectivity index (χ0n) is 9.66. The van der Waals surface area contributed by atoms with Crippen LogP contribution in [0.3, 0.4) is 0 Å². The lowest BCUT2D eigenvalue weighted by molar-refractivity contribution is 0.284. The summed E-state index contributed by atoms with van der Waals surface area (Å²) in [6.45, 7) is 4.37. The first-order valence-electron chi connectivity index (χ1n) is 5.33. The summed E-state index contributed by atoms with van der Waals surface area (Å²) in [6.07, 6.45) is 1.61. The van der Waals surface area contributed by atoms with Crippen molar-refractivity contribution in [1.29, 1.82) is 5.26 Å². The predicted molar refractivity (Wildman–Crippen MR) is 60.5 cm³/mol. The molecule has 0 bridgehead atoms. The van der Waals surface area contributed by atoms with E-state index in [0.717, 1.165) is 12.8 Å². The van der Waals surface area contributed by atoms with Crippen molar-refractivity contribution in [2.75, 3.05) is 6.61 Å². The van der Waals surface area contributed by atoms with E-state index in [9.17, 15) is 4.39 Å². The van der Waals surface area contributed by atoms with Crippen LogP contribution < -0.4 is 4.74 Å². The van der Waals surface area contributed by atoms with Crippen LogP contribution in [-0.2, 0) is 0 Å². The van der Waals surface area contributed by atoms with Crippen molar-refractivity contribution < 1.29 is 9.13 Å². The standard InChI is InChI=1S/C13H16FNO/c1-13(2,10-15)8-3-9-16-12-6-4-11(14)5-7-12/h4-7H,3,8-9H2,1-2H3. The molecule has 0 radical (unpaired) electrons. The number of nitrogens with zero attached hydrogens (tertiary/aromatic N) is 1. The zero-order valence-corrected chi connectivity index (χ0v) is 9.66. The van der Waals surface area contributed by atoms with Crippen molar-refractivity contribution in [1.82, 2.24) is 0 Å². The molecule has 0 aliphatic rings. The number of halogens is 1. The zero-order chi connectivity index (χ0) is 12.0. The average Bonchev–Trinajstić information content (AvgIpc) is 2.27. The summed E-state index contributed by atoms with van der Waals surface area (Å²) in [6, 6.07) is 8.19. The van der Waals surface area contributed by atoms with Gasteiger partial charge < -0.3 is 4.74 Å². The lowest BCUT2D eigenvalue weighted by Crippen LogP contribution is -2.10. The second-order valence-corrected chi connectivity index (χ2v) is 4.40. The number of nitriles is 1. The minimum atomic E-state index is -0.299.